The molecule has 2 bridgehead atoms. The van der Waals surface area contributed by atoms with E-state index in [1.54, 1.807) is 48.5 Å². The van der Waals surface area contributed by atoms with Gasteiger partial charge in [0.1, 0.15) is 29.8 Å². The lowest BCUT2D eigenvalue weighted by Crippen LogP contribution is -2.48. The Labute approximate surface area is 264 Å². The van der Waals surface area contributed by atoms with Crippen LogP contribution in [0.5, 0.6) is 23.1 Å². The van der Waals surface area contributed by atoms with E-state index in [1.807, 2.05) is 30.0 Å². The third-order valence-electron chi connectivity index (χ3n) is 8.47. The number of anilines is 2. The molecule has 0 aliphatic carbocycles. The summed E-state index contributed by atoms with van der Waals surface area (Å²) in [7, 11) is 1.58. The van der Waals surface area contributed by atoms with Crippen molar-refractivity contribution in [2.45, 2.75) is 50.8 Å². The number of pyridine rings is 1. The van der Waals surface area contributed by atoms with Crippen molar-refractivity contribution >= 4 is 28.3 Å². The van der Waals surface area contributed by atoms with Gasteiger partial charge in [-0.2, -0.15) is 0 Å². The first-order valence-corrected chi connectivity index (χ1v) is 15.1. The second-order valence-electron chi connectivity index (χ2n) is 11.4. The number of rotatable bonds is 9. The summed E-state index contributed by atoms with van der Waals surface area (Å²) in [6, 6.07) is 13.8. The van der Waals surface area contributed by atoms with Gasteiger partial charge in [0.25, 0.3) is 0 Å². The van der Waals surface area contributed by atoms with Crippen LogP contribution in [-0.4, -0.2) is 60.8 Å². The second kappa shape index (κ2) is 12.1. The SMILES string of the molecule is C=CC(=O)N1[C@@H]2CC[C@H]1CC(Oc1cc3c(Nc4ccc(Oc5ccn(-c6ccc(C)nc6)n5)cc4F)ncnc3cc1OC)C2. The van der Waals surface area contributed by atoms with Gasteiger partial charge in [-0.1, -0.05) is 6.58 Å². The molecule has 11 nitrogen and oxygen atoms in total. The molecular weight excluding hydrogens is 589 g/mol. The first-order valence-electron chi connectivity index (χ1n) is 15.1. The topological polar surface area (TPSA) is 117 Å². The van der Waals surface area contributed by atoms with E-state index in [2.05, 4.69) is 31.9 Å². The van der Waals surface area contributed by atoms with Crippen molar-refractivity contribution < 1.29 is 23.4 Å². The Hall–Kier alpha value is -5.52. The molecule has 1 N–H and O–H groups in total. The number of carbonyl (C=O) groups is 1. The number of amides is 1. The third kappa shape index (κ3) is 5.69. The molecule has 5 heterocycles. The van der Waals surface area contributed by atoms with E-state index in [0.29, 0.717) is 34.1 Å². The first-order chi connectivity index (χ1) is 22.4. The van der Waals surface area contributed by atoms with Crippen molar-refractivity contribution in [2.24, 2.45) is 0 Å². The number of nitrogens with one attached hydrogen (secondary N) is 1. The van der Waals surface area contributed by atoms with E-state index >= 15 is 4.39 Å². The van der Waals surface area contributed by atoms with Gasteiger partial charge in [-0.15, -0.1) is 5.10 Å². The van der Waals surface area contributed by atoms with Gasteiger partial charge >= 0.3 is 0 Å². The van der Waals surface area contributed by atoms with Gasteiger partial charge in [-0.25, -0.2) is 19.0 Å². The molecule has 2 aliphatic heterocycles. The molecule has 3 atom stereocenters. The van der Waals surface area contributed by atoms with Gasteiger partial charge in [0.2, 0.25) is 11.8 Å². The van der Waals surface area contributed by atoms with Crippen LogP contribution in [0.4, 0.5) is 15.9 Å². The number of methoxy groups -OCH3 is 1. The summed E-state index contributed by atoms with van der Waals surface area (Å²) in [5.74, 6) is 1.51. The molecule has 12 heteroatoms. The van der Waals surface area contributed by atoms with Gasteiger partial charge < -0.3 is 24.4 Å². The Morgan fingerprint density at radius 2 is 1.87 bits per heavy atom. The van der Waals surface area contributed by atoms with E-state index in [-0.39, 0.29) is 35.5 Å². The number of carbonyl (C=O) groups excluding carboxylic acids is 1. The van der Waals surface area contributed by atoms with Gasteiger partial charge in [-0.05, 0) is 56.2 Å². The van der Waals surface area contributed by atoms with Crippen molar-refractivity contribution in [3.05, 3.63) is 91.4 Å². The van der Waals surface area contributed by atoms with Crippen LogP contribution >= 0.6 is 0 Å². The van der Waals surface area contributed by atoms with Gasteiger partial charge in [0, 0.05) is 60.4 Å². The summed E-state index contributed by atoms with van der Waals surface area (Å²) in [6.45, 7) is 5.57. The highest BCUT2D eigenvalue weighted by Gasteiger charge is 2.43. The third-order valence-corrected chi connectivity index (χ3v) is 8.47. The highest BCUT2D eigenvalue weighted by molar-refractivity contribution is 5.93. The monoisotopic (exact) mass is 621 g/mol. The first kappa shape index (κ1) is 29.2. The molecule has 0 spiro atoms. The average molecular weight is 622 g/mol. The quantitative estimate of drug-likeness (QED) is 0.190. The fraction of sp³-hybridized carbons (Fsp3) is 0.265. The molecule has 2 fully saturated rings. The predicted molar refractivity (Wildman–Crippen MR) is 169 cm³/mol. The summed E-state index contributed by atoms with van der Waals surface area (Å²) in [4.78, 5) is 27.4. The summed E-state index contributed by atoms with van der Waals surface area (Å²) in [5, 5.41) is 8.14. The number of hydrogen-bond acceptors (Lipinski definition) is 9. The fourth-order valence-corrected chi connectivity index (χ4v) is 6.29. The van der Waals surface area contributed by atoms with E-state index in [1.165, 1.54) is 18.5 Å². The lowest BCUT2D eigenvalue weighted by Gasteiger charge is -2.38. The molecule has 5 aromatic rings. The van der Waals surface area contributed by atoms with Gasteiger partial charge in [-0.3, -0.25) is 9.78 Å². The maximum atomic E-state index is 15.3. The standard InChI is InChI=1S/C34H32FN7O4/c1-4-33(43)42-21-7-8-22(42)14-25(13-21)45-31-16-26-29(17-30(31)44-3)37-19-38-34(26)39-28-10-9-24(15-27(28)35)46-32-11-12-41(40-32)23-6-5-20(2)36-18-23/h4-6,9-12,15-19,21-22,25H,1,7-8,13-14H2,2-3H3,(H,37,38,39)/t21-,22+,25?. The van der Waals surface area contributed by atoms with Crippen LogP contribution in [0.3, 0.4) is 0 Å². The molecule has 234 valence electrons. The molecule has 3 aromatic heterocycles. The van der Waals surface area contributed by atoms with Crippen LogP contribution in [0.2, 0.25) is 0 Å². The van der Waals surface area contributed by atoms with Gasteiger partial charge in [0.05, 0.1) is 30.2 Å². The second-order valence-corrected chi connectivity index (χ2v) is 11.4. The normalized spacial score (nSPS) is 18.8. The molecule has 7 rings (SSSR count). The van der Waals surface area contributed by atoms with Gasteiger partial charge in [0.15, 0.2) is 11.5 Å². The van der Waals surface area contributed by atoms with E-state index < -0.39 is 5.82 Å². The van der Waals surface area contributed by atoms with Crippen LogP contribution < -0.4 is 19.5 Å². The largest absolute Gasteiger partial charge is 0.493 e. The van der Waals surface area contributed by atoms with Crippen LogP contribution in [0.1, 0.15) is 31.4 Å². The number of halogens is 1. The number of benzene rings is 2. The Bertz CT molecular complexity index is 1920. The lowest BCUT2D eigenvalue weighted by molar-refractivity contribution is -0.131. The number of piperidine rings is 1. The zero-order valence-electron chi connectivity index (χ0n) is 25.4. The number of nitrogens with zero attached hydrogens (tertiary/aromatic N) is 6. The summed E-state index contributed by atoms with van der Waals surface area (Å²) < 4.78 is 34.9. The predicted octanol–water partition coefficient (Wildman–Crippen LogP) is 6.29. The molecule has 2 saturated heterocycles. The van der Waals surface area contributed by atoms with Crippen LogP contribution in [0.15, 0.2) is 79.9 Å². The van der Waals surface area contributed by atoms with Crippen molar-refractivity contribution in [1.29, 1.82) is 0 Å². The fourth-order valence-electron chi connectivity index (χ4n) is 6.29. The molecular formula is C34H32FN7O4. The van der Waals surface area contributed by atoms with Crippen molar-refractivity contribution in [2.75, 3.05) is 12.4 Å². The maximum absolute atomic E-state index is 15.3. The number of fused-ring (bicyclic) bond motifs is 3. The molecule has 0 saturated carbocycles. The molecule has 2 aliphatic rings. The molecule has 2 aromatic carbocycles. The average Bonchev–Trinajstić information content (AvgIpc) is 3.63. The smallest absolute Gasteiger partial charge is 0.246 e. The minimum Gasteiger partial charge on any atom is -0.493 e. The minimum atomic E-state index is -0.535. The Kier molecular flexibility index (Phi) is 7.69. The molecule has 1 amide bonds. The number of aryl methyl sites for hydroxylation is 1. The van der Waals surface area contributed by atoms with Crippen LogP contribution in [0, 0.1) is 12.7 Å². The van der Waals surface area contributed by atoms with E-state index in [9.17, 15) is 4.79 Å². The summed E-state index contributed by atoms with van der Waals surface area (Å²) in [5.41, 5.74) is 2.50. The summed E-state index contributed by atoms with van der Waals surface area (Å²) in [6.07, 6.45) is 9.50. The Morgan fingerprint density at radius 1 is 1.04 bits per heavy atom. The summed E-state index contributed by atoms with van der Waals surface area (Å²) >= 11 is 0. The molecule has 0 radical (unpaired) electrons. The highest BCUT2D eigenvalue weighted by atomic mass is 19.1. The Morgan fingerprint density at radius 3 is 2.59 bits per heavy atom. The lowest BCUT2D eigenvalue weighted by atomic mass is 9.99. The van der Waals surface area contributed by atoms with Crippen molar-refractivity contribution in [1.82, 2.24) is 29.6 Å². The molecule has 46 heavy (non-hydrogen) atoms. The van der Waals surface area contributed by atoms with E-state index in [0.717, 1.165) is 37.1 Å². The van der Waals surface area contributed by atoms with Crippen LogP contribution in [0.25, 0.3) is 16.6 Å². The maximum Gasteiger partial charge on any atom is 0.246 e. The van der Waals surface area contributed by atoms with Crippen molar-refractivity contribution in [3.8, 4) is 28.8 Å². The molecule has 1 unspecified atom stereocenters. The highest BCUT2D eigenvalue weighted by Crippen LogP contribution is 2.41. The number of aromatic nitrogens is 5. The number of hydrogen-bond donors (Lipinski definition) is 1. The zero-order chi connectivity index (χ0) is 31.8. The Balaban J connectivity index is 1.09. The zero-order valence-corrected chi connectivity index (χ0v) is 25.4. The van der Waals surface area contributed by atoms with E-state index in [4.69, 9.17) is 14.2 Å². The van der Waals surface area contributed by atoms with Crippen molar-refractivity contribution in [3.63, 3.8) is 0 Å². The number of ether oxygens (including phenoxy) is 3. The van der Waals surface area contributed by atoms with Crippen LogP contribution in [-0.2, 0) is 4.79 Å². The minimum absolute atomic E-state index is 0.0272.